The zero-order valence-corrected chi connectivity index (χ0v) is 10.4. The number of nitrogens with two attached hydrogens (primary N) is 1. The summed E-state index contributed by atoms with van der Waals surface area (Å²) >= 11 is 0. The van der Waals surface area contributed by atoms with Gasteiger partial charge in [0.15, 0.2) is 0 Å². The lowest BCUT2D eigenvalue weighted by Crippen LogP contribution is -2.50. The molecule has 0 bridgehead atoms. The van der Waals surface area contributed by atoms with E-state index in [0.717, 1.165) is 6.42 Å². The molecule has 0 aromatic carbocycles. The van der Waals surface area contributed by atoms with Gasteiger partial charge in [0.25, 0.3) is 0 Å². The summed E-state index contributed by atoms with van der Waals surface area (Å²) in [4.78, 5) is 15.2. The van der Waals surface area contributed by atoms with Gasteiger partial charge in [-0.25, -0.2) is 13.4 Å². The molecule has 8 heteroatoms. The van der Waals surface area contributed by atoms with Gasteiger partial charge in [-0.15, -0.1) is 0 Å². The van der Waals surface area contributed by atoms with Gasteiger partial charge < -0.3 is 11.1 Å². The van der Waals surface area contributed by atoms with Crippen molar-refractivity contribution in [3.05, 3.63) is 18.3 Å². The number of piperidine rings is 1. The number of carbonyl (C=O) groups excluding carboxylic acids is 1. The number of aromatic nitrogens is 1. The Labute approximate surface area is 105 Å². The molecule has 2 rings (SSSR count). The summed E-state index contributed by atoms with van der Waals surface area (Å²) in [6.07, 6.45) is 2.41. The van der Waals surface area contributed by atoms with E-state index in [1.54, 1.807) is 0 Å². The minimum absolute atomic E-state index is 0.00456. The van der Waals surface area contributed by atoms with E-state index in [-0.39, 0.29) is 16.6 Å². The van der Waals surface area contributed by atoms with Gasteiger partial charge >= 0.3 is 0 Å². The van der Waals surface area contributed by atoms with Crippen LogP contribution in [0.1, 0.15) is 12.8 Å². The predicted octanol–water partition coefficient (Wildman–Crippen LogP) is -0.779. The Morgan fingerprint density at radius 3 is 2.83 bits per heavy atom. The third-order valence-electron chi connectivity index (χ3n) is 2.65. The van der Waals surface area contributed by atoms with Crippen molar-refractivity contribution in [1.82, 2.24) is 15.0 Å². The smallest absolute Gasteiger partial charge is 0.242 e. The first-order valence-electron chi connectivity index (χ1n) is 5.50. The van der Waals surface area contributed by atoms with Crippen LogP contribution in [0.3, 0.4) is 0 Å². The second-order valence-corrected chi connectivity index (χ2v) is 5.74. The van der Waals surface area contributed by atoms with E-state index in [0.29, 0.717) is 13.0 Å². The number of rotatable bonds is 3. The lowest BCUT2D eigenvalue weighted by molar-refractivity contribution is -0.124. The van der Waals surface area contributed by atoms with Crippen molar-refractivity contribution in [1.29, 1.82) is 0 Å². The van der Waals surface area contributed by atoms with Crippen LogP contribution in [0.25, 0.3) is 0 Å². The Hall–Kier alpha value is -1.67. The second-order valence-electron chi connectivity index (χ2n) is 4.03. The lowest BCUT2D eigenvalue weighted by Gasteiger charge is -2.22. The monoisotopic (exact) mass is 270 g/mol. The fourth-order valence-corrected chi connectivity index (χ4v) is 2.86. The van der Waals surface area contributed by atoms with Gasteiger partial charge in [-0.2, -0.15) is 4.72 Å². The molecule has 1 amide bonds. The zero-order chi connectivity index (χ0) is 13.2. The molecular formula is C10H14N4O3S. The van der Waals surface area contributed by atoms with Gasteiger partial charge in [0.1, 0.15) is 16.8 Å². The Morgan fingerprint density at radius 1 is 1.44 bits per heavy atom. The Balaban J connectivity index is 2.16. The standard InChI is InChI=1S/C10H14N4O3S/c11-9-4-3-7(6-13-9)18(16,17)14-8-2-1-5-12-10(8)15/h3-4,6,8,14H,1-2,5H2,(H2,11,13)(H,12,15). The number of amides is 1. The summed E-state index contributed by atoms with van der Waals surface area (Å²) in [6, 6.07) is 2.03. The first-order valence-corrected chi connectivity index (χ1v) is 6.99. The summed E-state index contributed by atoms with van der Waals surface area (Å²) in [6.45, 7) is 0.584. The molecule has 1 unspecified atom stereocenters. The quantitative estimate of drug-likeness (QED) is 0.666. The van der Waals surface area contributed by atoms with Crippen LogP contribution >= 0.6 is 0 Å². The molecule has 1 aliphatic heterocycles. The Bertz CT molecular complexity index is 541. The molecule has 0 saturated carbocycles. The highest BCUT2D eigenvalue weighted by atomic mass is 32.2. The number of pyridine rings is 1. The van der Waals surface area contributed by atoms with E-state index in [1.165, 1.54) is 18.3 Å². The number of nitrogens with one attached hydrogen (secondary N) is 2. The average Bonchev–Trinajstić information content (AvgIpc) is 2.32. The summed E-state index contributed by atoms with van der Waals surface area (Å²) < 4.78 is 26.3. The summed E-state index contributed by atoms with van der Waals surface area (Å²) in [5.41, 5.74) is 5.39. The SMILES string of the molecule is Nc1ccc(S(=O)(=O)NC2CCCNC2=O)cn1. The van der Waals surface area contributed by atoms with Gasteiger partial charge in [-0.05, 0) is 25.0 Å². The third-order valence-corrected chi connectivity index (χ3v) is 4.11. The molecule has 2 heterocycles. The maximum Gasteiger partial charge on any atom is 0.242 e. The first-order chi connectivity index (χ1) is 8.49. The molecule has 1 saturated heterocycles. The molecule has 1 fully saturated rings. The van der Waals surface area contributed by atoms with Crippen molar-refractivity contribution >= 4 is 21.7 Å². The van der Waals surface area contributed by atoms with Crippen LogP contribution < -0.4 is 15.8 Å². The largest absolute Gasteiger partial charge is 0.384 e. The van der Waals surface area contributed by atoms with E-state index >= 15 is 0 Å². The molecular weight excluding hydrogens is 256 g/mol. The molecule has 1 atom stereocenters. The van der Waals surface area contributed by atoms with Crippen LogP contribution in [0.2, 0.25) is 0 Å². The van der Waals surface area contributed by atoms with Gasteiger partial charge in [-0.3, -0.25) is 4.79 Å². The highest BCUT2D eigenvalue weighted by molar-refractivity contribution is 7.89. The lowest BCUT2D eigenvalue weighted by atomic mass is 10.1. The molecule has 7 nitrogen and oxygen atoms in total. The van der Waals surface area contributed by atoms with E-state index in [9.17, 15) is 13.2 Å². The van der Waals surface area contributed by atoms with E-state index in [1.807, 2.05) is 0 Å². The van der Waals surface area contributed by atoms with Crippen LogP contribution in [0.4, 0.5) is 5.82 Å². The van der Waals surface area contributed by atoms with Crippen LogP contribution in [-0.4, -0.2) is 31.9 Å². The molecule has 0 aliphatic carbocycles. The van der Waals surface area contributed by atoms with Gasteiger partial charge in [0.05, 0.1) is 0 Å². The van der Waals surface area contributed by atoms with Crippen molar-refractivity contribution < 1.29 is 13.2 Å². The van der Waals surface area contributed by atoms with Crippen molar-refractivity contribution in [2.24, 2.45) is 0 Å². The normalized spacial score (nSPS) is 20.4. The Kier molecular flexibility index (Phi) is 3.48. The third kappa shape index (κ3) is 2.77. The maximum atomic E-state index is 12.0. The van der Waals surface area contributed by atoms with Crippen molar-refractivity contribution in [3.63, 3.8) is 0 Å². The summed E-state index contributed by atoms with van der Waals surface area (Å²) in [5, 5.41) is 2.61. The molecule has 1 aliphatic rings. The fourth-order valence-electron chi connectivity index (χ4n) is 1.69. The highest BCUT2D eigenvalue weighted by Crippen LogP contribution is 2.12. The van der Waals surface area contributed by atoms with Gasteiger partial charge in [0.2, 0.25) is 15.9 Å². The van der Waals surface area contributed by atoms with E-state index in [2.05, 4.69) is 15.0 Å². The van der Waals surface area contributed by atoms with Crippen LogP contribution in [0.5, 0.6) is 0 Å². The van der Waals surface area contributed by atoms with Crippen molar-refractivity contribution in [3.8, 4) is 0 Å². The van der Waals surface area contributed by atoms with E-state index in [4.69, 9.17) is 5.73 Å². The second kappa shape index (κ2) is 4.91. The number of sulfonamides is 1. The number of hydrogen-bond donors (Lipinski definition) is 3. The number of nitrogens with zero attached hydrogens (tertiary/aromatic N) is 1. The number of carbonyl (C=O) groups is 1. The van der Waals surface area contributed by atoms with Crippen molar-refractivity contribution in [2.75, 3.05) is 12.3 Å². The van der Waals surface area contributed by atoms with E-state index < -0.39 is 16.1 Å². The highest BCUT2D eigenvalue weighted by Gasteiger charge is 2.27. The molecule has 98 valence electrons. The molecule has 18 heavy (non-hydrogen) atoms. The average molecular weight is 270 g/mol. The Morgan fingerprint density at radius 2 is 2.22 bits per heavy atom. The minimum Gasteiger partial charge on any atom is -0.384 e. The summed E-state index contributed by atoms with van der Waals surface area (Å²) in [7, 11) is -3.74. The van der Waals surface area contributed by atoms with Gasteiger partial charge in [0, 0.05) is 12.7 Å². The number of anilines is 1. The molecule has 0 spiro atoms. The molecule has 0 radical (unpaired) electrons. The summed E-state index contributed by atoms with van der Waals surface area (Å²) in [5.74, 6) is -0.0578. The first kappa shape index (κ1) is 12.8. The number of nitrogen functional groups attached to an aromatic ring is 1. The van der Waals surface area contributed by atoms with Crippen molar-refractivity contribution in [2.45, 2.75) is 23.8 Å². The topological polar surface area (TPSA) is 114 Å². The van der Waals surface area contributed by atoms with Gasteiger partial charge in [-0.1, -0.05) is 0 Å². The zero-order valence-electron chi connectivity index (χ0n) is 9.59. The maximum absolute atomic E-state index is 12.0. The molecule has 4 N–H and O–H groups in total. The molecule has 1 aromatic rings. The van der Waals surface area contributed by atoms with Crippen LogP contribution in [-0.2, 0) is 14.8 Å². The van der Waals surface area contributed by atoms with Crippen LogP contribution in [0.15, 0.2) is 23.2 Å². The fraction of sp³-hybridized carbons (Fsp3) is 0.400. The predicted molar refractivity (Wildman–Crippen MR) is 65.0 cm³/mol. The minimum atomic E-state index is -3.74. The van der Waals surface area contributed by atoms with Crippen LogP contribution in [0, 0.1) is 0 Å². The molecule has 1 aromatic heterocycles. The number of hydrogen-bond acceptors (Lipinski definition) is 5.